The Morgan fingerprint density at radius 3 is 1.94 bits per heavy atom. The quantitative estimate of drug-likeness (QED) is 0.589. The Kier molecular flexibility index (Phi) is 7.94. The van der Waals surface area contributed by atoms with Crippen molar-refractivity contribution in [3.05, 3.63) is 12.2 Å². The molecule has 0 N–H and O–H groups in total. The van der Waals surface area contributed by atoms with Crippen molar-refractivity contribution >= 4 is 5.91 Å². The standard InChI is InChI=1S/C15H29NO/c1-7-8-9-14(6)15(17)16(10-12(2)3)11-13(4)5/h12-13H,6-11H2,1-5H3. The topological polar surface area (TPSA) is 20.3 Å². The third kappa shape index (κ3) is 7.19. The lowest BCUT2D eigenvalue weighted by atomic mass is 10.1. The Morgan fingerprint density at radius 2 is 1.59 bits per heavy atom. The molecule has 0 heterocycles. The molecule has 0 bridgehead atoms. The van der Waals surface area contributed by atoms with Crippen molar-refractivity contribution in [2.45, 2.75) is 53.9 Å². The summed E-state index contributed by atoms with van der Waals surface area (Å²) in [5, 5.41) is 0. The minimum absolute atomic E-state index is 0.154. The Balaban J connectivity index is 4.45. The summed E-state index contributed by atoms with van der Waals surface area (Å²) < 4.78 is 0. The van der Waals surface area contributed by atoms with Gasteiger partial charge in [0, 0.05) is 18.7 Å². The Bertz CT molecular complexity index is 233. The summed E-state index contributed by atoms with van der Waals surface area (Å²) in [5.41, 5.74) is 0.771. The van der Waals surface area contributed by atoms with E-state index in [0.29, 0.717) is 11.8 Å². The lowest BCUT2D eigenvalue weighted by Crippen LogP contribution is -2.37. The molecule has 0 aliphatic carbocycles. The van der Waals surface area contributed by atoms with E-state index in [-0.39, 0.29) is 5.91 Å². The highest BCUT2D eigenvalue weighted by Gasteiger charge is 2.18. The van der Waals surface area contributed by atoms with Crippen molar-refractivity contribution in [2.75, 3.05) is 13.1 Å². The molecular formula is C15H29NO. The Hall–Kier alpha value is -0.790. The number of nitrogens with zero attached hydrogens (tertiary/aromatic N) is 1. The van der Waals surface area contributed by atoms with Gasteiger partial charge in [0.2, 0.25) is 5.91 Å². The highest BCUT2D eigenvalue weighted by molar-refractivity contribution is 5.92. The molecule has 0 aromatic heterocycles. The zero-order valence-electron chi connectivity index (χ0n) is 12.3. The largest absolute Gasteiger partial charge is 0.338 e. The van der Waals surface area contributed by atoms with Crippen LogP contribution in [-0.4, -0.2) is 23.9 Å². The SMILES string of the molecule is C=C(CCCC)C(=O)N(CC(C)C)CC(C)C. The molecule has 0 spiro atoms. The lowest BCUT2D eigenvalue weighted by Gasteiger charge is -2.27. The highest BCUT2D eigenvalue weighted by Crippen LogP contribution is 2.12. The van der Waals surface area contributed by atoms with Gasteiger partial charge in [-0.3, -0.25) is 4.79 Å². The summed E-state index contributed by atoms with van der Waals surface area (Å²) >= 11 is 0. The fourth-order valence-corrected chi connectivity index (χ4v) is 1.84. The van der Waals surface area contributed by atoms with Gasteiger partial charge >= 0.3 is 0 Å². The smallest absolute Gasteiger partial charge is 0.249 e. The van der Waals surface area contributed by atoms with Crippen molar-refractivity contribution in [1.82, 2.24) is 4.90 Å². The van der Waals surface area contributed by atoms with Crippen molar-refractivity contribution in [3.8, 4) is 0 Å². The van der Waals surface area contributed by atoms with Gasteiger partial charge in [0.25, 0.3) is 0 Å². The summed E-state index contributed by atoms with van der Waals surface area (Å²) in [5.74, 6) is 1.18. The van der Waals surface area contributed by atoms with Crippen LogP contribution in [-0.2, 0) is 4.79 Å². The maximum atomic E-state index is 12.2. The average Bonchev–Trinajstić information content (AvgIpc) is 2.22. The van der Waals surface area contributed by atoms with E-state index in [0.717, 1.165) is 37.9 Å². The number of unbranched alkanes of at least 4 members (excludes halogenated alkanes) is 1. The van der Waals surface area contributed by atoms with Gasteiger partial charge in [-0.1, -0.05) is 47.6 Å². The number of carbonyl (C=O) groups is 1. The zero-order valence-corrected chi connectivity index (χ0v) is 12.3. The molecule has 0 unspecified atom stereocenters. The Morgan fingerprint density at radius 1 is 1.12 bits per heavy atom. The summed E-state index contributed by atoms with van der Waals surface area (Å²) in [6.45, 7) is 16.3. The first-order chi connectivity index (χ1) is 7.88. The van der Waals surface area contributed by atoms with E-state index >= 15 is 0 Å². The van der Waals surface area contributed by atoms with Crippen LogP contribution in [0.25, 0.3) is 0 Å². The van der Waals surface area contributed by atoms with Gasteiger partial charge in [0.1, 0.15) is 0 Å². The molecule has 0 saturated carbocycles. The Labute approximate surface area is 107 Å². The second kappa shape index (κ2) is 8.32. The second-order valence-corrected chi connectivity index (χ2v) is 5.70. The van der Waals surface area contributed by atoms with Gasteiger partial charge in [0.05, 0.1) is 0 Å². The second-order valence-electron chi connectivity index (χ2n) is 5.70. The van der Waals surface area contributed by atoms with E-state index in [2.05, 4.69) is 41.2 Å². The molecule has 0 aromatic carbocycles. The summed E-state index contributed by atoms with van der Waals surface area (Å²) in [4.78, 5) is 14.2. The van der Waals surface area contributed by atoms with Gasteiger partial charge in [0.15, 0.2) is 0 Å². The van der Waals surface area contributed by atoms with E-state index in [1.165, 1.54) is 0 Å². The maximum absolute atomic E-state index is 12.2. The molecule has 17 heavy (non-hydrogen) atoms. The molecule has 0 fully saturated rings. The summed E-state index contributed by atoms with van der Waals surface area (Å²) in [7, 11) is 0. The molecule has 0 atom stereocenters. The number of carbonyl (C=O) groups excluding carboxylic acids is 1. The van der Waals surface area contributed by atoms with Crippen molar-refractivity contribution in [3.63, 3.8) is 0 Å². The van der Waals surface area contributed by atoms with Crippen molar-refractivity contribution in [1.29, 1.82) is 0 Å². The van der Waals surface area contributed by atoms with Crippen LogP contribution in [0, 0.1) is 11.8 Å². The third-order valence-electron chi connectivity index (χ3n) is 2.59. The van der Waals surface area contributed by atoms with Gasteiger partial charge < -0.3 is 4.90 Å². The van der Waals surface area contributed by atoms with Gasteiger partial charge in [-0.15, -0.1) is 0 Å². The summed E-state index contributed by atoms with van der Waals surface area (Å²) in [6.07, 6.45) is 3.00. The van der Waals surface area contributed by atoms with E-state index in [4.69, 9.17) is 0 Å². The molecule has 1 amide bonds. The monoisotopic (exact) mass is 239 g/mol. The minimum atomic E-state index is 0.154. The molecule has 0 aromatic rings. The molecule has 100 valence electrons. The van der Waals surface area contributed by atoms with E-state index in [1.54, 1.807) is 0 Å². The fraction of sp³-hybridized carbons (Fsp3) is 0.800. The predicted octanol–water partition coefficient (Wildman–Crippen LogP) is 3.87. The molecular weight excluding hydrogens is 210 g/mol. The van der Waals surface area contributed by atoms with Crippen LogP contribution in [0.1, 0.15) is 53.9 Å². The normalized spacial score (nSPS) is 11.0. The molecule has 2 heteroatoms. The predicted molar refractivity (Wildman–Crippen MR) is 74.9 cm³/mol. The van der Waals surface area contributed by atoms with Gasteiger partial charge in [-0.25, -0.2) is 0 Å². The molecule has 2 nitrogen and oxygen atoms in total. The van der Waals surface area contributed by atoms with E-state index in [9.17, 15) is 4.79 Å². The molecule has 0 aliphatic rings. The van der Waals surface area contributed by atoms with Gasteiger partial charge in [-0.2, -0.15) is 0 Å². The van der Waals surface area contributed by atoms with Crippen LogP contribution >= 0.6 is 0 Å². The number of hydrogen-bond donors (Lipinski definition) is 0. The molecule has 0 saturated heterocycles. The first-order valence-electron chi connectivity index (χ1n) is 6.85. The minimum Gasteiger partial charge on any atom is -0.338 e. The third-order valence-corrected chi connectivity index (χ3v) is 2.59. The molecule has 0 radical (unpaired) electrons. The highest BCUT2D eigenvalue weighted by atomic mass is 16.2. The van der Waals surface area contributed by atoms with Crippen LogP contribution in [0.15, 0.2) is 12.2 Å². The molecule has 0 aliphatic heterocycles. The van der Waals surface area contributed by atoms with Crippen LogP contribution in [0.2, 0.25) is 0 Å². The lowest BCUT2D eigenvalue weighted by molar-refractivity contribution is -0.128. The average molecular weight is 239 g/mol. The van der Waals surface area contributed by atoms with Crippen LogP contribution in [0.4, 0.5) is 0 Å². The van der Waals surface area contributed by atoms with Crippen LogP contribution in [0.5, 0.6) is 0 Å². The summed E-state index contributed by atoms with van der Waals surface area (Å²) in [6, 6.07) is 0. The first-order valence-corrected chi connectivity index (χ1v) is 6.85. The fourth-order valence-electron chi connectivity index (χ4n) is 1.84. The van der Waals surface area contributed by atoms with E-state index < -0.39 is 0 Å². The number of hydrogen-bond acceptors (Lipinski definition) is 1. The number of amides is 1. The van der Waals surface area contributed by atoms with Crippen LogP contribution in [0.3, 0.4) is 0 Å². The van der Waals surface area contributed by atoms with E-state index in [1.807, 2.05) is 4.90 Å². The van der Waals surface area contributed by atoms with Crippen molar-refractivity contribution in [2.24, 2.45) is 11.8 Å². The first kappa shape index (κ1) is 16.2. The van der Waals surface area contributed by atoms with Gasteiger partial charge in [-0.05, 0) is 24.7 Å². The van der Waals surface area contributed by atoms with Crippen molar-refractivity contribution < 1.29 is 4.79 Å². The number of rotatable bonds is 8. The zero-order chi connectivity index (χ0) is 13.4. The van der Waals surface area contributed by atoms with Crippen LogP contribution < -0.4 is 0 Å². The molecule has 0 rings (SSSR count). The maximum Gasteiger partial charge on any atom is 0.249 e.